The molecule has 4 aliphatic rings. The number of ketones is 1. The molecule has 0 aromatic heterocycles. The van der Waals surface area contributed by atoms with Crippen molar-refractivity contribution in [1.82, 2.24) is 15.1 Å². The van der Waals surface area contributed by atoms with Crippen molar-refractivity contribution in [3.05, 3.63) is 57.5 Å². The minimum Gasteiger partial charge on any atom is -0.379 e. The van der Waals surface area contributed by atoms with Gasteiger partial charge in [0.2, 0.25) is 0 Å². The standard InChI is InChI=1S/C37H50F3N3O4/c1-25-7-9-28(5-4-6-33(25)35(44)29-11-13-32(14-12-29)47-37(38,39)40)23-43-24-31-22-34(26(2)21-30(31)10-8-27(43)3)36(45)41-15-16-42-17-19-46-20-18-42/h10-13,21-22,24-25,27-28,32-33H,4-9,14-20,23H2,1-3H3,(H,41,45). The van der Waals surface area contributed by atoms with Crippen LogP contribution in [0.25, 0.3) is 12.3 Å². The normalized spacial score (nSPS) is 27.3. The number of rotatable bonds is 9. The van der Waals surface area contributed by atoms with Crippen molar-refractivity contribution in [2.24, 2.45) is 17.8 Å². The zero-order valence-electron chi connectivity index (χ0n) is 28.0. The molecule has 0 radical (unpaired) electrons. The lowest BCUT2D eigenvalue weighted by Crippen LogP contribution is -2.41. The Morgan fingerprint density at radius 2 is 1.81 bits per heavy atom. The molecule has 10 heteroatoms. The summed E-state index contributed by atoms with van der Waals surface area (Å²) in [6.45, 7) is 12.0. The van der Waals surface area contributed by atoms with Crippen LogP contribution in [0.15, 0.2) is 35.9 Å². The third kappa shape index (κ3) is 9.80. The SMILES string of the molecule is Cc1cc2c(cc1C(=O)NCCN1CCOCC1)=CN(CC1CCCC(C(=O)C3=CCC(OC(F)(F)F)C=C3)C(C)CC1)C(C)CC=2. The molecule has 258 valence electrons. The van der Waals surface area contributed by atoms with E-state index in [0.717, 1.165) is 93.9 Å². The number of allylic oxidation sites excluding steroid dienone is 2. The van der Waals surface area contributed by atoms with Gasteiger partial charge in [-0.05, 0) is 86.3 Å². The minimum absolute atomic E-state index is 0.0375. The van der Waals surface area contributed by atoms with Crippen LogP contribution in [-0.4, -0.2) is 85.9 Å². The van der Waals surface area contributed by atoms with Crippen LogP contribution in [-0.2, 0) is 14.3 Å². The molecule has 2 aliphatic heterocycles. The van der Waals surface area contributed by atoms with Gasteiger partial charge in [0, 0.05) is 62.0 Å². The van der Waals surface area contributed by atoms with Crippen LogP contribution in [0, 0.1) is 24.7 Å². The molecule has 5 atom stereocenters. The summed E-state index contributed by atoms with van der Waals surface area (Å²) in [6, 6.07) is 4.49. The fourth-order valence-corrected chi connectivity index (χ4v) is 7.38. The predicted molar refractivity (Wildman–Crippen MR) is 177 cm³/mol. The average molecular weight is 658 g/mol. The maximum Gasteiger partial charge on any atom is 0.523 e. The van der Waals surface area contributed by atoms with E-state index in [0.29, 0.717) is 29.6 Å². The molecule has 1 N–H and O–H groups in total. The quantitative estimate of drug-likeness (QED) is 0.409. The molecule has 1 saturated heterocycles. The number of aryl methyl sites for hydroxylation is 1. The number of amides is 1. The van der Waals surface area contributed by atoms with Crippen molar-refractivity contribution < 1.29 is 32.2 Å². The smallest absolute Gasteiger partial charge is 0.379 e. The number of halogens is 3. The average Bonchev–Trinajstić information content (AvgIpc) is 3.17. The molecule has 2 heterocycles. The molecule has 1 saturated carbocycles. The number of ether oxygens (including phenoxy) is 2. The van der Waals surface area contributed by atoms with E-state index in [9.17, 15) is 22.8 Å². The first-order chi connectivity index (χ1) is 22.5. The number of fused-ring (bicyclic) bond motifs is 1. The zero-order valence-corrected chi connectivity index (χ0v) is 28.0. The van der Waals surface area contributed by atoms with E-state index >= 15 is 0 Å². The van der Waals surface area contributed by atoms with Gasteiger partial charge in [-0.15, -0.1) is 13.2 Å². The Morgan fingerprint density at radius 1 is 1.02 bits per heavy atom. The second kappa shape index (κ2) is 16.0. The summed E-state index contributed by atoms with van der Waals surface area (Å²) in [5.41, 5.74) is 2.20. The number of benzene rings is 1. The number of hydrogen-bond donors (Lipinski definition) is 1. The molecule has 0 bridgehead atoms. The monoisotopic (exact) mass is 657 g/mol. The van der Waals surface area contributed by atoms with Crippen molar-refractivity contribution in [1.29, 1.82) is 0 Å². The lowest BCUT2D eigenvalue weighted by molar-refractivity contribution is -0.336. The van der Waals surface area contributed by atoms with Crippen molar-refractivity contribution in [3.63, 3.8) is 0 Å². The summed E-state index contributed by atoms with van der Waals surface area (Å²) in [5.74, 6) is 0.545. The number of nitrogens with one attached hydrogen (secondary N) is 1. The number of carbonyl (C=O) groups is 2. The molecule has 47 heavy (non-hydrogen) atoms. The van der Waals surface area contributed by atoms with Gasteiger partial charge in [0.05, 0.1) is 19.3 Å². The van der Waals surface area contributed by atoms with E-state index in [2.05, 4.69) is 52.0 Å². The first kappa shape index (κ1) is 35.4. The van der Waals surface area contributed by atoms with Crippen LogP contribution in [0.5, 0.6) is 0 Å². The first-order valence-electron chi connectivity index (χ1n) is 17.3. The molecule has 1 aromatic rings. The van der Waals surface area contributed by atoms with Crippen LogP contribution >= 0.6 is 0 Å². The molecule has 7 nitrogen and oxygen atoms in total. The number of nitrogens with zero attached hydrogens (tertiary/aromatic N) is 2. The lowest BCUT2D eigenvalue weighted by Gasteiger charge is -2.34. The molecule has 5 unspecified atom stereocenters. The molecule has 0 spiro atoms. The van der Waals surface area contributed by atoms with Crippen molar-refractivity contribution in [3.8, 4) is 0 Å². The van der Waals surface area contributed by atoms with Crippen molar-refractivity contribution in [2.75, 3.05) is 45.9 Å². The van der Waals surface area contributed by atoms with Crippen LogP contribution < -0.4 is 15.8 Å². The van der Waals surface area contributed by atoms with Gasteiger partial charge < -0.3 is 15.0 Å². The highest BCUT2D eigenvalue weighted by atomic mass is 19.4. The molecule has 1 aromatic carbocycles. The summed E-state index contributed by atoms with van der Waals surface area (Å²) in [5, 5.41) is 5.35. The molecule has 2 aliphatic carbocycles. The highest BCUT2D eigenvalue weighted by Crippen LogP contribution is 2.34. The Hall–Kier alpha value is -2.95. The summed E-state index contributed by atoms with van der Waals surface area (Å²) in [7, 11) is 0. The minimum atomic E-state index is -4.69. The van der Waals surface area contributed by atoms with Gasteiger partial charge >= 0.3 is 6.36 Å². The largest absolute Gasteiger partial charge is 0.523 e. The Balaban J connectivity index is 1.19. The summed E-state index contributed by atoms with van der Waals surface area (Å²) in [4.78, 5) is 31.4. The zero-order chi connectivity index (χ0) is 33.6. The fourth-order valence-electron chi connectivity index (χ4n) is 7.38. The van der Waals surface area contributed by atoms with E-state index in [1.807, 2.05) is 13.0 Å². The third-order valence-electron chi connectivity index (χ3n) is 10.3. The second-order valence-electron chi connectivity index (χ2n) is 13.8. The lowest BCUT2D eigenvalue weighted by atomic mass is 9.75. The Morgan fingerprint density at radius 3 is 2.53 bits per heavy atom. The Bertz CT molecular complexity index is 1450. The first-order valence-corrected chi connectivity index (χ1v) is 17.3. The maximum atomic E-state index is 13.4. The topological polar surface area (TPSA) is 71.1 Å². The number of alkyl halides is 3. The molecular formula is C37H50F3N3O4. The third-order valence-corrected chi connectivity index (χ3v) is 10.3. The van der Waals surface area contributed by atoms with E-state index < -0.39 is 12.5 Å². The maximum absolute atomic E-state index is 13.4. The number of carbonyl (C=O) groups excluding carboxylic acids is 2. The van der Waals surface area contributed by atoms with Crippen molar-refractivity contribution >= 4 is 24.0 Å². The van der Waals surface area contributed by atoms with Gasteiger partial charge in [-0.25, -0.2) is 0 Å². The van der Waals surface area contributed by atoms with E-state index in [4.69, 9.17) is 4.74 Å². The summed E-state index contributed by atoms with van der Waals surface area (Å²) < 4.78 is 47.3. The molecule has 2 fully saturated rings. The van der Waals surface area contributed by atoms with Gasteiger partial charge in [0.15, 0.2) is 5.78 Å². The van der Waals surface area contributed by atoms with Gasteiger partial charge in [-0.3, -0.25) is 19.2 Å². The fraction of sp³-hybridized carbons (Fsp3) is 0.622. The number of morpholine rings is 1. The Labute approximate surface area is 276 Å². The van der Waals surface area contributed by atoms with E-state index in [1.165, 1.54) is 12.2 Å². The van der Waals surface area contributed by atoms with Crippen LogP contribution in [0.1, 0.15) is 74.7 Å². The second-order valence-corrected chi connectivity index (χ2v) is 13.8. The molecular weight excluding hydrogens is 607 g/mol. The van der Waals surface area contributed by atoms with E-state index in [1.54, 1.807) is 6.08 Å². The van der Waals surface area contributed by atoms with Crippen LogP contribution in [0.3, 0.4) is 0 Å². The highest BCUT2D eigenvalue weighted by Gasteiger charge is 2.34. The van der Waals surface area contributed by atoms with Crippen LogP contribution in [0.4, 0.5) is 13.2 Å². The highest BCUT2D eigenvalue weighted by molar-refractivity contribution is 6.00. The Kier molecular flexibility index (Phi) is 12.0. The predicted octanol–water partition coefficient (Wildman–Crippen LogP) is 4.86. The molecule has 1 amide bonds. The number of hydrogen-bond acceptors (Lipinski definition) is 6. The summed E-state index contributed by atoms with van der Waals surface area (Å²) >= 11 is 0. The van der Waals surface area contributed by atoms with Gasteiger partial charge in [-0.1, -0.05) is 43.7 Å². The van der Waals surface area contributed by atoms with Crippen LogP contribution in [0.2, 0.25) is 0 Å². The van der Waals surface area contributed by atoms with E-state index in [-0.39, 0.29) is 29.9 Å². The number of Topliss-reactive ketones (excluding diaryl/α,β-unsaturated/α-hetero) is 1. The summed E-state index contributed by atoms with van der Waals surface area (Å²) in [6.07, 6.45) is 8.84. The molecule has 5 rings (SSSR count). The van der Waals surface area contributed by atoms with Gasteiger partial charge in [0.25, 0.3) is 5.91 Å². The van der Waals surface area contributed by atoms with Crippen molar-refractivity contribution in [2.45, 2.75) is 84.2 Å². The van der Waals surface area contributed by atoms with Gasteiger partial charge in [-0.2, -0.15) is 0 Å². The van der Waals surface area contributed by atoms with Gasteiger partial charge in [0.1, 0.15) is 0 Å².